The molecule has 4 atom stereocenters. The summed E-state index contributed by atoms with van der Waals surface area (Å²) in [6.45, 7) is 0. The fourth-order valence-electron chi connectivity index (χ4n) is 7.55. The third-order valence-electron chi connectivity index (χ3n) is 9.53. The van der Waals surface area contributed by atoms with Crippen molar-refractivity contribution in [1.29, 1.82) is 0 Å². The van der Waals surface area contributed by atoms with Crippen molar-refractivity contribution in [2.24, 2.45) is 0 Å². The second-order valence-electron chi connectivity index (χ2n) is 12.0. The second-order valence-corrected chi connectivity index (χ2v) is 17.0. The van der Waals surface area contributed by atoms with Crippen LogP contribution in [0.1, 0.15) is 70.6 Å². The van der Waals surface area contributed by atoms with Gasteiger partial charge < -0.3 is 0 Å². The van der Waals surface area contributed by atoms with Crippen LogP contribution in [0.4, 0.5) is 0 Å². The van der Waals surface area contributed by atoms with Crippen molar-refractivity contribution in [3.63, 3.8) is 0 Å². The molecule has 0 N–H and O–H groups in total. The molecule has 5 aromatic carbocycles. The highest BCUT2D eigenvalue weighted by atomic mass is 31.1. The van der Waals surface area contributed by atoms with Gasteiger partial charge in [-0.1, -0.05) is 133 Å². The Morgan fingerprint density at radius 3 is 0.864 bits per heavy atom. The molecule has 0 aliphatic carbocycles. The van der Waals surface area contributed by atoms with Gasteiger partial charge >= 0.3 is 0 Å². The molecule has 4 heteroatoms. The predicted molar refractivity (Wildman–Crippen MR) is 188 cm³/mol. The summed E-state index contributed by atoms with van der Waals surface area (Å²) in [7, 11) is -1.33. The van der Waals surface area contributed by atoms with E-state index in [1.165, 1.54) is 58.8 Å². The van der Waals surface area contributed by atoms with Crippen LogP contribution in [0.2, 0.25) is 0 Å². The van der Waals surface area contributed by atoms with Crippen LogP contribution in [0, 0.1) is 0 Å². The van der Waals surface area contributed by atoms with E-state index in [9.17, 15) is 0 Å². The van der Waals surface area contributed by atoms with Crippen molar-refractivity contribution in [2.75, 3.05) is 0 Å². The first-order valence-electron chi connectivity index (χ1n) is 15.9. The van der Waals surface area contributed by atoms with E-state index in [1.54, 1.807) is 0 Å². The molecule has 0 amide bonds. The summed E-state index contributed by atoms with van der Waals surface area (Å²) in [5, 5.41) is 0. The number of fused-ring (bicyclic) bond motifs is 1. The van der Waals surface area contributed by atoms with E-state index < -0.39 is 15.8 Å². The minimum atomic E-state index is -0.663. The molecule has 2 aliphatic heterocycles. The summed E-state index contributed by atoms with van der Waals surface area (Å²) in [6.07, 6.45) is 4.74. The molecule has 1 aromatic heterocycles. The Hall–Kier alpha value is -3.70. The van der Waals surface area contributed by atoms with Crippen molar-refractivity contribution in [2.45, 2.75) is 48.3 Å². The number of nitrogens with zero attached hydrogens (tertiary/aromatic N) is 2. The monoisotopic (exact) mass is 606 g/mol. The largest absolute Gasteiger partial charge is 0.244 e. The molecule has 0 spiro atoms. The molecule has 2 saturated heterocycles. The average molecular weight is 607 g/mol. The van der Waals surface area contributed by atoms with Gasteiger partial charge in [-0.25, -0.2) is 9.97 Å². The molecule has 2 aliphatic rings. The highest BCUT2D eigenvalue weighted by Gasteiger charge is 2.46. The maximum atomic E-state index is 5.69. The lowest BCUT2D eigenvalue weighted by Crippen LogP contribution is -2.31. The van der Waals surface area contributed by atoms with Crippen molar-refractivity contribution in [3.05, 3.63) is 168 Å². The summed E-state index contributed by atoms with van der Waals surface area (Å²) < 4.78 is 0. The average Bonchev–Trinajstić information content (AvgIpc) is 3.75. The standard InChI is InChI=1S/C40H36N2P2/c1-5-15-29(16-6-1)35-25-26-36(30-17-7-2-8-18-30)43(35)39-40(42-34-24-14-13-23-33(34)41-39)44-37(31-19-9-3-10-20-31)27-28-38(44)32-21-11-4-12-22-32/h1-24,35-38H,25-28H2/t35-,36-,37-,38-/m0/s1. The summed E-state index contributed by atoms with van der Waals surface area (Å²) in [5.74, 6) is 0. The molecular weight excluding hydrogens is 570 g/mol. The summed E-state index contributed by atoms with van der Waals surface area (Å²) in [5.41, 5.74) is 12.4. The third kappa shape index (κ3) is 5.19. The van der Waals surface area contributed by atoms with Crippen molar-refractivity contribution < 1.29 is 0 Å². The first-order chi connectivity index (χ1) is 21.8. The number of hydrogen-bond acceptors (Lipinski definition) is 2. The van der Waals surface area contributed by atoms with Crippen LogP contribution in [-0.4, -0.2) is 9.97 Å². The van der Waals surface area contributed by atoms with Crippen LogP contribution >= 0.6 is 15.8 Å². The molecule has 0 radical (unpaired) electrons. The maximum absolute atomic E-state index is 5.69. The molecule has 8 rings (SSSR count). The molecule has 0 bridgehead atoms. The molecular formula is C40H36N2P2. The number of rotatable bonds is 6. The molecule has 0 unspecified atom stereocenters. The highest BCUT2D eigenvalue weighted by Crippen LogP contribution is 2.73. The maximum Gasteiger partial charge on any atom is 0.0909 e. The lowest BCUT2D eigenvalue weighted by atomic mass is 10.0. The van der Waals surface area contributed by atoms with Crippen LogP contribution in [0.25, 0.3) is 11.0 Å². The number of aromatic nitrogens is 2. The molecule has 0 saturated carbocycles. The molecule has 44 heavy (non-hydrogen) atoms. The van der Waals surface area contributed by atoms with E-state index in [-0.39, 0.29) is 0 Å². The SMILES string of the molecule is c1ccc([C@@H]2CC[C@@H](c3ccccc3)P2c2nc3ccccc3nc2P2[C@H](c3ccccc3)CC[C@H]2c2ccccc2)cc1. The topological polar surface area (TPSA) is 25.8 Å². The van der Waals surface area contributed by atoms with Crippen LogP contribution in [0.5, 0.6) is 0 Å². The first-order valence-corrected chi connectivity index (χ1v) is 18.8. The lowest BCUT2D eigenvalue weighted by Gasteiger charge is -2.32. The Balaban J connectivity index is 1.37. The van der Waals surface area contributed by atoms with Gasteiger partial charge in [0.1, 0.15) is 0 Å². The van der Waals surface area contributed by atoms with Gasteiger partial charge in [-0.2, -0.15) is 0 Å². The summed E-state index contributed by atoms with van der Waals surface area (Å²) in [6, 6.07) is 53.6. The van der Waals surface area contributed by atoms with Gasteiger partial charge in [0.2, 0.25) is 0 Å². The zero-order valence-electron chi connectivity index (χ0n) is 24.8. The fraction of sp³-hybridized carbons (Fsp3) is 0.200. The number of benzene rings is 5. The molecule has 3 heterocycles. The fourth-order valence-corrected chi connectivity index (χ4v) is 15.0. The van der Waals surface area contributed by atoms with Gasteiger partial charge in [0.05, 0.1) is 21.9 Å². The van der Waals surface area contributed by atoms with Crippen molar-refractivity contribution >= 4 is 37.7 Å². The quantitative estimate of drug-likeness (QED) is 0.176. The van der Waals surface area contributed by atoms with Gasteiger partial charge in [0, 0.05) is 22.6 Å². The van der Waals surface area contributed by atoms with Crippen molar-refractivity contribution in [3.8, 4) is 0 Å². The Morgan fingerprint density at radius 1 is 0.341 bits per heavy atom. The third-order valence-corrected chi connectivity index (χ3v) is 16.2. The number of para-hydroxylation sites is 2. The van der Waals surface area contributed by atoms with Gasteiger partial charge in [-0.05, 0) is 75.9 Å². The van der Waals surface area contributed by atoms with Crippen LogP contribution in [0.15, 0.2) is 146 Å². The van der Waals surface area contributed by atoms with E-state index in [1.807, 2.05) is 0 Å². The van der Waals surface area contributed by atoms with Crippen LogP contribution in [0.3, 0.4) is 0 Å². The summed E-state index contributed by atoms with van der Waals surface area (Å²) in [4.78, 5) is 11.4. The highest BCUT2D eigenvalue weighted by molar-refractivity contribution is 7.72. The first kappa shape index (κ1) is 27.8. The second kappa shape index (κ2) is 12.4. The smallest absolute Gasteiger partial charge is 0.0909 e. The van der Waals surface area contributed by atoms with Crippen LogP contribution in [-0.2, 0) is 0 Å². The molecule has 216 valence electrons. The minimum absolute atomic E-state index is 0.466. The minimum Gasteiger partial charge on any atom is -0.244 e. The Bertz CT molecular complexity index is 1610. The molecule has 2 nitrogen and oxygen atoms in total. The lowest BCUT2D eigenvalue weighted by molar-refractivity contribution is 0.765. The number of hydrogen-bond donors (Lipinski definition) is 0. The van der Waals surface area contributed by atoms with Crippen molar-refractivity contribution in [1.82, 2.24) is 9.97 Å². The zero-order valence-corrected chi connectivity index (χ0v) is 26.6. The van der Waals surface area contributed by atoms with E-state index >= 15 is 0 Å². The van der Waals surface area contributed by atoms with E-state index in [2.05, 4.69) is 146 Å². The molecule has 6 aromatic rings. The van der Waals surface area contributed by atoms with E-state index in [0.29, 0.717) is 22.6 Å². The van der Waals surface area contributed by atoms with Gasteiger partial charge in [-0.15, -0.1) is 0 Å². The van der Waals surface area contributed by atoms with Gasteiger partial charge in [0.15, 0.2) is 0 Å². The Kier molecular flexibility index (Phi) is 7.81. The molecule has 2 fully saturated rings. The normalized spacial score (nSPS) is 22.5. The summed E-state index contributed by atoms with van der Waals surface area (Å²) >= 11 is 0. The Morgan fingerprint density at radius 2 is 0.591 bits per heavy atom. The van der Waals surface area contributed by atoms with Gasteiger partial charge in [-0.3, -0.25) is 0 Å². The van der Waals surface area contributed by atoms with Gasteiger partial charge in [0.25, 0.3) is 0 Å². The van der Waals surface area contributed by atoms with E-state index in [4.69, 9.17) is 9.97 Å². The van der Waals surface area contributed by atoms with E-state index in [0.717, 1.165) is 11.0 Å². The van der Waals surface area contributed by atoms with Crippen LogP contribution < -0.4 is 10.9 Å². The zero-order chi connectivity index (χ0) is 29.3. The Labute approximate surface area is 263 Å². The predicted octanol–water partition coefficient (Wildman–Crippen LogP) is 10.4.